The molecule has 2 aromatic carbocycles. The zero-order valence-electron chi connectivity index (χ0n) is 78.4. The third-order valence-electron chi connectivity index (χ3n) is 23.0. The highest BCUT2D eigenvalue weighted by Gasteiger charge is 2.41. The molecule has 1 unspecified atom stereocenters. The largest absolute Gasteiger partial charge is 0.481 e. The summed E-state index contributed by atoms with van der Waals surface area (Å²) in [6.45, 7) is 8.74. The number of urea groups is 1. The second-order valence-electron chi connectivity index (χ2n) is 35.3. The summed E-state index contributed by atoms with van der Waals surface area (Å²) in [7, 11) is 0. The Labute approximate surface area is 805 Å². The van der Waals surface area contributed by atoms with Gasteiger partial charge in [-0.15, -0.1) is 5.10 Å². The van der Waals surface area contributed by atoms with E-state index in [0.29, 0.717) is 38.5 Å². The smallest absolute Gasteiger partial charge is 0.326 e. The van der Waals surface area contributed by atoms with E-state index in [9.17, 15) is 112 Å². The molecule has 0 spiro atoms. The molecule has 2 aliphatic heterocycles. The quantitative estimate of drug-likeness (QED) is 0.0164. The number of nitrogens with zero attached hydrogens (tertiary/aromatic N) is 4. The minimum atomic E-state index is -2.12. The van der Waals surface area contributed by atoms with Crippen molar-refractivity contribution < 1.29 is 136 Å². The number of carboxylic acid groups (broad SMARTS) is 5. The molecular weight excluding hydrogens is 1850 g/mol. The number of amides is 17. The standard InChI is InChI=1S/C89H122N24O28/c1-42(2)27-60-77(126)95-38-69(117)98-57(19-21-70(118)119)78(127)103-61(28-43(3)4)85(134)109-73-44(5)47-17-18-55-53(29-47)49(36-94-55)31-63(106-86(73)135)81(130)100-56(79(128)110-74(46(7)114)75(90)124)16-12-24-92-68(116)33-65(80(129)97-45(6)76(125)101-62(30-48-35-93-54-14-9-8-13-52(48)54)82(131)104-64(83(132)102-60)32-50-37-91-41-96-50)105-84(133)66(34-72(122)123)99-67(115)23-26-141-40-51-39-113(112-111-51)25-11-10-15-58(87(136)137)107-89(140)108-59(88(138)139)20-22-71(120)121/h8-9,13-14,17-18,29,35-37,39,41-46,56-66,73-74,93-94,114H,10-12,15-16,19-28,30-34,38,40H2,1-7H3,(H2,90,124)(H,91,96)(H,92,116)(H,95,126)(H,97,129)(H,98,117)(H,99,115)(H,100,130)(H,101,125)(H,102,132)(H,103,127)(H,104,131)(H,105,133)(H,106,135)(H,109,134)(H,110,128)(H,118,119)(H,120,121)(H,122,123)(H,136,137)(H,138,139)(H2,107,108,140)/t44?,45-,46+,56-,57-,58-,59-,60-,61-,62-,63-,64-,65-,66-,73-,74-/m0/s1. The molecule has 6 aromatic rings. The number of primary amides is 1. The van der Waals surface area contributed by atoms with Crippen molar-refractivity contribution in [2.24, 2.45) is 17.6 Å². The van der Waals surface area contributed by atoms with Gasteiger partial charge < -0.3 is 141 Å². The van der Waals surface area contributed by atoms with Crippen molar-refractivity contribution in [3.05, 3.63) is 102 Å². The van der Waals surface area contributed by atoms with Gasteiger partial charge in [0.15, 0.2) is 0 Å². The van der Waals surface area contributed by atoms with Crippen LogP contribution in [0.5, 0.6) is 0 Å². The summed E-state index contributed by atoms with van der Waals surface area (Å²) in [5.74, 6) is -25.6. The van der Waals surface area contributed by atoms with E-state index in [-0.39, 0.29) is 88.2 Å². The van der Waals surface area contributed by atoms with Crippen LogP contribution in [0.1, 0.15) is 172 Å². The number of aryl methyl sites for hydroxylation is 1. The highest BCUT2D eigenvalue weighted by molar-refractivity contribution is 6.02. The number of aliphatic hydroxyl groups is 1. The number of para-hydroxylation sites is 1. The number of fused-ring (bicyclic) bond motifs is 5. The predicted molar refractivity (Wildman–Crippen MR) is 492 cm³/mol. The summed E-state index contributed by atoms with van der Waals surface area (Å²) in [6, 6.07) is -13.2. The van der Waals surface area contributed by atoms with E-state index in [1.54, 1.807) is 89.5 Å². The van der Waals surface area contributed by atoms with E-state index in [1.807, 2.05) is 5.32 Å². The van der Waals surface area contributed by atoms with Crippen LogP contribution in [0.2, 0.25) is 0 Å². The number of rotatable bonds is 37. The van der Waals surface area contributed by atoms with Crippen molar-refractivity contribution in [1.82, 2.24) is 120 Å². The first-order valence-electron chi connectivity index (χ1n) is 45.7. The van der Waals surface area contributed by atoms with Gasteiger partial charge in [0.2, 0.25) is 88.6 Å². The van der Waals surface area contributed by atoms with Crippen LogP contribution >= 0.6 is 0 Å². The van der Waals surface area contributed by atoms with Crippen molar-refractivity contribution in [2.75, 3.05) is 19.7 Å². The summed E-state index contributed by atoms with van der Waals surface area (Å²) in [5.41, 5.74) is 8.53. The van der Waals surface area contributed by atoms with Gasteiger partial charge in [0.1, 0.15) is 90.3 Å². The molecule has 16 atom stereocenters. The van der Waals surface area contributed by atoms with Gasteiger partial charge in [-0.25, -0.2) is 19.4 Å². The number of aromatic nitrogens is 7. The topological polar surface area (TPSA) is 799 Å². The van der Waals surface area contributed by atoms with Crippen LogP contribution in [0.25, 0.3) is 21.8 Å². The third-order valence-corrected chi connectivity index (χ3v) is 23.0. The van der Waals surface area contributed by atoms with Gasteiger partial charge in [-0.1, -0.05) is 64.1 Å². The molecule has 4 bridgehead atoms. The molecule has 141 heavy (non-hydrogen) atoms. The van der Waals surface area contributed by atoms with Gasteiger partial charge in [-0.2, -0.15) is 0 Å². The number of H-pyrrole nitrogens is 3. The summed E-state index contributed by atoms with van der Waals surface area (Å²) >= 11 is 0. The van der Waals surface area contributed by atoms with Crippen LogP contribution in [0.4, 0.5) is 4.79 Å². The number of carbonyl (C=O) groups excluding carboxylic acids is 16. The molecule has 1 saturated heterocycles. The maximum atomic E-state index is 15.2. The molecule has 6 heterocycles. The number of imidazole rings is 1. The number of hydrogen-bond donors (Lipinski definition) is 26. The fourth-order valence-corrected chi connectivity index (χ4v) is 15.5. The lowest BCUT2D eigenvalue weighted by Crippen LogP contribution is -2.61. The monoisotopic (exact) mass is 1970 g/mol. The van der Waals surface area contributed by atoms with Crippen molar-refractivity contribution >= 4 is 146 Å². The summed E-state index contributed by atoms with van der Waals surface area (Å²) in [6.07, 6.45) is -1.33. The normalized spacial score (nSPS) is 21.7. The predicted octanol–water partition coefficient (Wildman–Crippen LogP) is -4.49. The number of aromatic amines is 3. The summed E-state index contributed by atoms with van der Waals surface area (Å²) < 4.78 is 6.99. The Morgan fingerprint density at radius 2 is 1.21 bits per heavy atom. The van der Waals surface area contributed by atoms with Crippen LogP contribution < -0.4 is 90.8 Å². The molecule has 1 fully saturated rings. The van der Waals surface area contributed by atoms with Crippen molar-refractivity contribution in [3.63, 3.8) is 0 Å². The van der Waals surface area contributed by atoms with E-state index < -0.39 is 298 Å². The molecule has 2 aliphatic rings. The van der Waals surface area contributed by atoms with Crippen LogP contribution in [0, 0.1) is 11.8 Å². The molecule has 27 N–H and O–H groups in total. The molecule has 8 rings (SSSR count). The average molecular weight is 1980 g/mol. The van der Waals surface area contributed by atoms with E-state index in [4.69, 9.17) is 15.6 Å². The van der Waals surface area contributed by atoms with E-state index in [0.717, 1.165) is 13.8 Å². The van der Waals surface area contributed by atoms with Gasteiger partial charge in [0, 0.05) is 97.9 Å². The number of carboxylic acids is 5. The Balaban J connectivity index is 1.09. The Morgan fingerprint density at radius 1 is 0.574 bits per heavy atom. The SMILES string of the molecule is CC(C)C[C@@H]1NC(=O)[C@H](Cc2c[nH]cn2)NC(=O)[C@H](Cc2c[nH]c3ccccc23)NC(=O)[C@H](C)NC(=O)[C@@H](NC(=O)[C@H](CC(=O)O)NC(=O)CCOCc2cn(CCCC[C@H](NC(=O)N[C@@H](CCC(=O)O)C(=O)O)C(=O)O)nn2)CC(=O)NCCC[C@@H](C(=O)N[C@H](C(N)=O)[C@@H](C)O)NC(=O)[C@@H]2Cc3c[nH]c4ccc(cc34)C(C)[C@H](NC(=O)[C@H](CC(C)C)NC(=O)[C@H](CCC(=O)O)NC(=O)CNC1=O)C(=O)N2. The van der Waals surface area contributed by atoms with Crippen LogP contribution in [-0.4, -0.2) is 300 Å². The number of ether oxygens (including phenoxy) is 1. The van der Waals surface area contributed by atoms with Crippen LogP contribution in [0.3, 0.4) is 0 Å². The Hall–Kier alpha value is -15.5. The molecule has 0 aliphatic carbocycles. The van der Waals surface area contributed by atoms with Crippen molar-refractivity contribution in [1.29, 1.82) is 0 Å². The Bertz CT molecular complexity index is 5500. The van der Waals surface area contributed by atoms with Crippen LogP contribution in [0.15, 0.2) is 73.6 Å². The minimum absolute atomic E-state index is 0.113. The molecule has 52 nitrogen and oxygen atoms in total. The highest BCUT2D eigenvalue weighted by atomic mass is 16.5. The fourth-order valence-electron chi connectivity index (χ4n) is 15.5. The van der Waals surface area contributed by atoms with Gasteiger partial charge in [-0.3, -0.25) is 91.0 Å². The fraction of sp³-hybridized carbons (Fsp3) is 0.528. The zero-order chi connectivity index (χ0) is 104. The second-order valence-corrected chi connectivity index (χ2v) is 35.3. The summed E-state index contributed by atoms with van der Waals surface area (Å²) in [4.78, 5) is 303. The number of nitrogens with two attached hydrogens (primary N) is 1. The highest BCUT2D eigenvalue weighted by Crippen LogP contribution is 2.30. The average Bonchev–Trinajstić information content (AvgIpc) is 1.67. The number of aliphatic hydroxyl groups excluding tert-OH is 1. The number of aliphatic carboxylic acids is 5. The van der Waals surface area contributed by atoms with Gasteiger partial charge in [0.25, 0.3) is 0 Å². The maximum Gasteiger partial charge on any atom is 0.326 e. The Morgan fingerprint density at radius 3 is 1.85 bits per heavy atom. The lowest BCUT2D eigenvalue weighted by atomic mass is 9.89. The second kappa shape index (κ2) is 53.4. The molecule has 0 radical (unpaired) electrons. The van der Waals surface area contributed by atoms with E-state index in [2.05, 4.69) is 110 Å². The molecule has 17 amide bonds. The van der Waals surface area contributed by atoms with Gasteiger partial charge in [-0.05, 0) is 118 Å². The third kappa shape index (κ3) is 35.1. The van der Waals surface area contributed by atoms with Crippen LogP contribution in [-0.2, 0) is 133 Å². The lowest BCUT2D eigenvalue weighted by molar-refractivity contribution is -0.142. The van der Waals surface area contributed by atoms with Crippen molar-refractivity contribution in [3.8, 4) is 0 Å². The lowest BCUT2D eigenvalue weighted by Gasteiger charge is -2.31. The number of unbranched alkanes of at least 4 members (excludes halogenated alkanes) is 1. The number of hydrogen-bond acceptors (Lipinski definition) is 26. The van der Waals surface area contributed by atoms with E-state index in [1.165, 1.54) is 23.4 Å². The first kappa shape index (κ1) is 111. The molecular formula is C89H122N24O28. The molecule has 4 aromatic heterocycles. The number of benzene rings is 2. The van der Waals surface area contributed by atoms with Gasteiger partial charge in [0.05, 0.1) is 56.9 Å². The van der Waals surface area contributed by atoms with Gasteiger partial charge >= 0.3 is 35.9 Å². The number of carbonyl (C=O) groups is 21. The Kier molecular flexibility index (Phi) is 42.0. The first-order chi connectivity index (χ1) is 66.8. The number of nitrogens with one attached hydrogen (secondary N) is 19. The maximum absolute atomic E-state index is 15.2. The minimum Gasteiger partial charge on any atom is -0.481 e. The molecule has 52 heteroatoms. The van der Waals surface area contributed by atoms with E-state index >= 15 is 14.4 Å². The zero-order valence-corrected chi connectivity index (χ0v) is 78.4. The van der Waals surface area contributed by atoms with Crippen molar-refractivity contribution in [2.45, 2.75) is 267 Å². The molecule has 0 saturated carbocycles. The first-order valence-corrected chi connectivity index (χ1v) is 45.7. The molecule has 766 valence electrons. The summed E-state index contributed by atoms with van der Waals surface area (Å²) in [5, 5.41) is 107.